The molecule has 0 saturated heterocycles. The van der Waals surface area contributed by atoms with Crippen molar-refractivity contribution in [2.45, 2.75) is 32.9 Å². The number of hydrogen-bond acceptors (Lipinski definition) is 6. The topological polar surface area (TPSA) is 73.4 Å². The molecule has 8 nitrogen and oxygen atoms in total. The summed E-state index contributed by atoms with van der Waals surface area (Å²) in [6.45, 7) is 6.99. The van der Waals surface area contributed by atoms with Crippen LogP contribution in [0.15, 0.2) is 36.8 Å². The highest BCUT2D eigenvalue weighted by atomic mass is 35.5. The van der Waals surface area contributed by atoms with E-state index in [0.717, 1.165) is 48.5 Å². The predicted octanol–water partition coefficient (Wildman–Crippen LogP) is 3.58. The number of hydrogen-bond donors (Lipinski definition) is 0. The van der Waals surface area contributed by atoms with Gasteiger partial charge in [-0.2, -0.15) is 20.4 Å². The molecule has 0 N–H and O–H groups in total. The molecular formula is C22H24ClN7O. The van der Waals surface area contributed by atoms with Crippen LogP contribution in [0, 0.1) is 6.92 Å². The van der Waals surface area contributed by atoms with Gasteiger partial charge in [0.25, 0.3) is 0 Å². The fraction of sp³-hybridized carbons (Fsp3) is 0.364. The van der Waals surface area contributed by atoms with Gasteiger partial charge in [0.15, 0.2) is 0 Å². The first-order valence-electron chi connectivity index (χ1n) is 10.4. The van der Waals surface area contributed by atoms with Crippen LogP contribution in [0.3, 0.4) is 0 Å². The van der Waals surface area contributed by atoms with Crippen LogP contribution in [0.25, 0.3) is 16.8 Å². The molecule has 4 aromatic heterocycles. The lowest BCUT2D eigenvalue weighted by Gasteiger charge is -2.16. The monoisotopic (exact) mass is 437 g/mol. The molecule has 0 bridgehead atoms. The molecule has 1 aliphatic heterocycles. The maximum Gasteiger partial charge on any atom is 0.148 e. The van der Waals surface area contributed by atoms with Crippen LogP contribution >= 0.6 is 11.6 Å². The minimum absolute atomic E-state index is 0.297. The normalized spacial score (nSPS) is 15.6. The van der Waals surface area contributed by atoms with E-state index < -0.39 is 0 Å². The summed E-state index contributed by atoms with van der Waals surface area (Å²) in [6, 6.07) is 5.74. The van der Waals surface area contributed by atoms with Gasteiger partial charge in [-0.1, -0.05) is 11.6 Å². The average molecular weight is 438 g/mol. The molecule has 0 aliphatic carbocycles. The zero-order valence-electron chi connectivity index (χ0n) is 17.8. The number of likely N-dealkylation sites (N-methyl/N-ethyl adjacent to an activating group) is 1. The second-order valence-electron chi connectivity index (χ2n) is 7.98. The van der Waals surface area contributed by atoms with Crippen LogP contribution in [0.4, 0.5) is 0 Å². The predicted molar refractivity (Wildman–Crippen MR) is 118 cm³/mol. The Balaban J connectivity index is 1.58. The zero-order chi connectivity index (χ0) is 21.5. The fourth-order valence-electron chi connectivity index (χ4n) is 4.08. The van der Waals surface area contributed by atoms with Crippen molar-refractivity contribution in [3.8, 4) is 17.0 Å². The van der Waals surface area contributed by atoms with Gasteiger partial charge in [0, 0.05) is 43.2 Å². The number of fused-ring (bicyclic) bond motifs is 2. The van der Waals surface area contributed by atoms with Gasteiger partial charge in [-0.25, -0.2) is 4.52 Å². The third-order valence-corrected chi connectivity index (χ3v) is 6.14. The van der Waals surface area contributed by atoms with E-state index in [0.29, 0.717) is 10.8 Å². The van der Waals surface area contributed by atoms with Crippen molar-refractivity contribution >= 4 is 17.1 Å². The number of ether oxygens (including phenoxy) is 1. The summed E-state index contributed by atoms with van der Waals surface area (Å²) in [5.74, 6) is 0.639. The van der Waals surface area contributed by atoms with Crippen molar-refractivity contribution in [2.75, 3.05) is 20.1 Å². The lowest BCUT2D eigenvalue weighted by atomic mass is 10.1. The third kappa shape index (κ3) is 3.66. The van der Waals surface area contributed by atoms with Crippen LogP contribution < -0.4 is 4.74 Å². The number of halogens is 1. The Labute approximate surface area is 185 Å². The highest BCUT2D eigenvalue weighted by Gasteiger charge is 2.22. The van der Waals surface area contributed by atoms with Crippen LogP contribution in [-0.2, 0) is 13.0 Å². The number of aromatic nitrogens is 6. The standard InChI is InChI=1S/C22H24ClN7O/c1-14-19-6-8-28(3)9-10-29(19)27-21(14)16-11-20(22-17(23)12-25-30(22)13-16)31-15(2)18-5-4-7-24-26-18/h4-5,7,11-13,15H,6,8-10H2,1-3H3. The Hall–Kier alpha value is -2.97. The molecule has 0 radical (unpaired) electrons. The van der Waals surface area contributed by atoms with Gasteiger partial charge in [-0.3, -0.25) is 4.68 Å². The molecule has 0 aromatic carbocycles. The summed E-state index contributed by atoms with van der Waals surface area (Å²) in [5, 5.41) is 18.0. The quantitative estimate of drug-likeness (QED) is 0.486. The molecule has 4 aromatic rings. The Kier molecular flexibility index (Phi) is 5.11. The SMILES string of the molecule is Cc1c(-c2cc(OC(C)c3cccnn3)c3c(Cl)cnn3c2)nn2c1CCN(C)CC2. The van der Waals surface area contributed by atoms with Crippen molar-refractivity contribution in [2.24, 2.45) is 0 Å². The van der Waals surface area contributed by atoms with Crippen molar-refractivity contribution in [1.29, 1.82) is 0 Å². The van der Waals surface area contributed by atoms with Crippen LogP contribution in [0.5, 0.6) is 5.75 Å². The van der Waals surface area contributed by atoms with E-state index in [1.165, 1.54) is 11.3 Å². The first-order valence-corrected chi connectivity index (χ1v) is 10.8. The lowest BCUT2D eigenvalue weighted by Crippen LogP contribution is -2.21. The number of nitrogens with zero attached hydrogens (tertiary/aromatic N) is 7. The number of pyridine rings is 1. The molecule has 0 fully saturated rings. The Bertz CT molecular complexity index is 1230. The average Bonchev–Trinajstić information content (AvgIpc) is 3.24. The summed E-state index contributed by atoms with van der Waals surface area (Å²) in [5.41, 5.74) is 5.84. The molecule has 1 aliphatic rings. The largest absolute Gasteiger partial charge is 0.482 e. The second kappa shape index (κ2) is 7.94. The molecule has 5 heterocycles. The first-order chi connectivity index (χ1) is 15.0. The Morgan fingerprint density at radius 3 is 2.90 bits per heavy atom. The molecule has 1 atom stereocenters. The van der Waals surface area contributed by atoms with E-state index in [1.54, 1.807) is 16.9 Å². The Morgan fingerprint density at radius 1 is 1.23 bits per heavy atom. The molecule has 160 valence electrons. The highest BCUT2D eigenvalue weighted by Crippen LogP contribution is 2.35. The van der Waals surface area contributed by atoms with E-state index in [1.807, 2.05) is 31.3 Å². The van der Waals surface area contributed by atoms with Gasteiger partial charge in [0.2, 0.25) is 0 Å². The van der Waals surface area contributed by atoms with Gasteiger partial charge in [0.1, 0.15) is 23.1 Å². The van der Waals surface area contributed by atoms with Crippen molar-refractivity contribution in [3.63, 3.8) is 0 Å². The van der Waals surface area contributed by atoms with Crippen molar-refractivity contribution in [3.05, 3.63) is 58.8 Å². The molecule has 0 spiro atoms. The molecular weight excluding hydrogens is 414 g/mol. The Morgan fingerprint density at radius 2 is 2.10 bits per heavy atom. The van der Waals surface area contributed by atoms with Crippen molar-refractivity contribution < 1.29 is 4.74 Å². The summed E-state index contributed by atoms with van der Waals surface area (Å²) >= 11 is 6.44. The number of rotatable bonds is 4. The van der Waals surface area contributed by atoms with E-state index >= 15 is 0 Å². The molecule has 31 heavy (non-hydrogen) atoms. The summed E-state index contributed by atoms with van der Waals surface area (Å²) in [6.07, 6.45) is 5.92. The van der Waals surface area contributed by atoms with Crippen LogP contribution in [-0.4, -0.2) is 54.6 Å². The minimum Gasteiger partial charge on any atom is -0.482 e. The molecule has 0 amide bonds. The smallest absolute Gasteiger partial charge is 0.148 e. The van der Waals surface area contributed by atoms with Crippen LogP contribution in [0.2, 0.25) is 5.02 Å². The molecule has 0 saturated carbocycles. The summed E-state index contributed by atoms with van der Waals surface area (Å²) < 4.78 is 10.2. The maximum atomic E-state index is 6.44. The minimum atomic E-state index is -0.297. The van der Waals surface area contributed by atoms with Gasteiger partial charge < -0.3 is 9.64 Å². The third-order valence-electron chi connectivity index (χ3n) is 5.86. The van der Waals surface area contributed by atoms with E-state index in [4.69, 9.17) is 21.4 Å². The van der Waals surface area contributed by atoms with E-state index in [9.17, 15) is 0 Å². The fourth-order valence-corrected chi connectivity index (χ4v) is 4.31. The lowest BCUT2D eigenvalue weighted by molar-refractivity contribution is 0.222. The zero-order valence-corrected chi connectivity index (χ0v) is 18.5. The summed E-state index contributed by atoms with van der Waals surface area (Å²) in [7, 11) is 2.15. The van der Waals surface area contributed by atoms with Gasteiger partial charge >= 0.3 is 0 Å². The molecule has 5 rings (SSSR count). The van der Waals surface area contributed by atoms with Gasteiger partial charge in [-0.05, 0) is 44.7 Å². The van der Waals surface area contributed by atoms with Crippen molar-refractivity contribution in [1.82, 2.24) is 34.5 Å². The summed E-state index contributed by atoms with van der Waals surface area (Å²) in [4.78, 5) is 2.34. The molecule has 1 unspecified atom stereocenters. The van der Waals surface area contributed by atoms with Gasteiger partial charge in [-0.15, -0.1) is 0 Å². The first kappa shape index (κ1) is 20.0. The van der Waals surface area contributed by atoms with E-state index in [2.05, 4.69) is 38.8 Å². The second-order valence-corrected chi connectivity index (χ2v) is 8.39. The maximum absolute atomic E-state index is 6.44. The van der Waals surface area contributed by atoms with Crippen LogP contribution in [0.1, 0.15) is 30.0 Å². The van der Waals surface area contributed by atoms with Gasteiger partial charge in [0.05, 0.1) is 23.5 Å². The van der Waals surface area contributed by atoms with E-state index in [-0.39, 0.29) is 6.10 Å². The highest BCUT2D eigenvalue weighted by molar-refractivity contribution is 6.34. The molecule has 9 heteroatoms.